The van der Waals surface area contributed by atoms with Crippen molar-refractivity contribution in [3.63, 3.8) is 0 Å². The van der Waals surface area contributed by atoms with Gasteiger partial charge in [0.25, 0.3) is 0 Å². The predicted molar refractivity (Wildman–Crippen MR) is 119 cm³/mol. The monoisotopic (exact) mass is 444 g/mol. The maximum atomic E-state index is 11.8. The number of rotatable bonds is 4. The molecule has 3 heterocycles. The highest BCUT2D eigenvalue weighted by molar-refractivity contribution is 7.89. The molecule has 10 heteroatoms. The summed E-state index contributed by atoms with van der Waals surface area (Å²) in [5, 5.41) is 9.47. The Morgan fingerprint density at radius 1 is 1.00 bits per heavy atom. The number of hydrogen-bond acceptors (Lipinski definition) is 6. The number of sulfonamides is 1. The lowest BCUT2D eigenvalue weighted by Gasteiger charge is -2.15. The molecule has 0 aliphatic rings. The van der Waals surface area contributed by atoms with Gasteiger partial charge >= 0.3 is 0 Å². The Balaban J connectivity index is 0.00000256. The summed E-state index contributed by atoms with van der Waals surface area (Å²) >= 11 is 0. The van der Waals surface area contributed by atoms with Crippen molar-refractivity contribution < 1.29 is 8.42 Å². The first-order valence-electron chi connectivity index (χ1n) is 8.97. The molecule has 4 N–H and O–H groups in total. The molecule has 0 spiro atoms. The standard InChI is InChI=1S/C20H20N6O2S.ClH/c1-12(2)17-5-4-16(29(22,27)28)8-18(17)15-7-14(9-23-10-15)13-3-6-19-24-20(21)25-26(19)11-13;/h3-12H,1-2H3,(H2,21,25)(H2,22,27,28);1H. The zero-order valence-electron chi connectivity index (χ0n) is 16.4. The van der Waals surface area contributed by atoms with Crippen molar-refractivity contribution in [2.45, 2.75) is 24.7 Å². The van der Waals surface area contributed by atoms with Gasteiger partial charge in [-0.3, -0.25) is 4.98 Å². The number of primary sulfonamides is 1. The van der Waals surface area contributed by atoms with E-state index in [2.05, 4.69) is 28.9 Å². The van der Waals surface area contributed by atoms with Crippen molar-refractivity contribution in [1.82, 2.24) is 19.6 Å². The molecule has 0 aliphatic carbocycles. The molecular formula is C20H21ClN6O2S. The zero-order valence-corrected chi connectivity index (χ0v) is 18.0. The second-order valence-electron chi connectivity index (χ2n) is 7.10. The maximum absolute atomic E-state index is 11.8. The zero-order chi connectivity index (χ0) is 20.8. The van der Waals surface area contributed by atoms with E-state index in [0.29, 0.717) is 5.65 Å². The van der Waals surface area contributed by atoms with E-state index in [0.717, 1.165) is 27.8 Å². The van der Waals surface area contributed by atoms with E-state index in [9.17, 15) is 8.42 Å². The van der Waals surface area contributed by atoms with E-state index in [-0.39, 0.29) is 29.2 Å². The number of nitrogens with zero attached hydrogens (tertiary/aromatic N) is 4. The summed E-state index contributed by atoms with van der Waals surface area (Å²) in [5.41, 5.74) is 10.6. The van der Waals surface area contributed by atoms with Gasteiger partial charge in [-0.25, -0.2) is 18.1 Å². The molecule has 0 radical (unpaired) electrons. The molecule has 4 aromatic rings. The van der Waals surface area contributed by atoms with Crippen LogP contribution in [-0.2, 0) is 10.0 Å². The molecule has 156 valence electrons. The first-order valence-corrected chi connectivity index (χ1v) is 10.5. The Kier molecular flexibility index (Phi) is 5.80. The number of nitrogen functional groups attached to an aromatic ring is 1. The molecule has 0 saturated heterocycles. The van der Waals surface area contributed by atoms with Crippen molar-refractivity contribution in [2.75, 3.05) is 5.73 Å². The van der Waals surface area contributed by atoms with E-state index < -0.39 is 10.0 Å². The van der Waals surface area contributed by atoms with Crippen LogP contribution in [0.5, 0.6) is 0 Å². The smallest absolute Gasteiger partial charge is 0.240 e. The number of hydrogen-bond donors (Lipinski definition) is 2. The van der Waals surface area contributed by atoms with Gasteiger partial charge in [0.2, 0.25) is 16.0 Å². The van der Waals surface area contributed by atoms with E-state index in [1.165, 1.54) is 6.07 Å². The predicted octanol–water partition coefficient (Wildman–Crippen LogP) is 3.23. The van der Waals surface area contributed by atoms with Gasteiger partial charge in [-0.1, -0.05) is 19.9 Å². The second-order valence-corrected chi connectivity index (χ2v) is 8.66. The molecule has 3 aromatic heterocycles. The quantitative estimate of drug-likeness (QED) is 0.497. The topological polar surface area (TPSA) is 129 Å². The molecule has 0 aliphatic heterocycles. The molecule has 0 bridgehead atoms. The number of nitrogens with two attached hydrogens (primary N) is 2. The number of aromatic nitrogens is 4. The average Bonchev–Trinajstić information content (AvgIpc) is 3.06. The first kappa shape index (κ1) is 21.7. The Hall–Kier alpha value is -3.01. The van der Waals surface area contributed by atoms with Gasteiger partial charge in [-0.15, -0.1) is 17.5 Å². The fraction of sp³-hybridized carbons (Fsp3) is 0.150. The van der Waals surface area contributed by atoms with Gasteiger partial charge in [-0.05, 0) is 47.4 Å². The Bertz CT molecular complexity index is 1330. The summed E-state index contributed by atoms with van der Waals surface area (Å²) in [6.07, 6.45) is 5.27. The summed E-state index contributed by atoms with van der Waals surface area (Å²) in [7, 11) is -3.81. The van der Waals surface area contributed by atoms with Gasteiger partial charge in [-0.2, -0.15) is 4.98 Å². The maximum Gasteiger partial charge on any atom is 0.240 e. The van der Waals surface area contributed by atoms with Crippen molar-refractivity contribution in [2.24, 2.45) is 5.14 Å². The lowest BCUT2D eigenvalue weighted by atomic mass is 9.92. The van der Waals surface area contributed by atoms with Crippen LogP contribution in [0.15, 0.2) is 59.9 Å². The van der Waals surface area contributed by atoms with Crippen LogP contribution in [0.2, 0.25) is 0 Å². The van der Waals surface area contributed by atoms with Crippen LogP contribution >= 0.6 is 12.4 Å². The third kappa shape index (κ3) is 4.13. The summed E-state index contributed by atoms with van der Waals surface area (Å²) in [5.74, 6) is 0.396. The fourth-order valence-corrected chi connectivity index (χ4v) is 3.82. The minimum Gasteiger partial charge on any atom is -0.366 e. The molecule has 0 saturated carbocycles. The van der Waals surface area contributed by atoms with Gasteiger partial charge in [0.05, 0.1) is 4.90 Å². The molecule has 0 atom stereocenters. The van der Waals surface area contributed by atoms with Crippen LogP contribution in [0.25, 0.3) is 27.9 Å². The second kappa shape index (κ2) is 8.02. The van der Waals surface area contributed by atoms with E-state index in [1.54, 1.807) is 29.0 Å². The Labute approximate surface area is 180 Å². The minimum absolute atomic E-state index is 0. The number of pyridine rings is 2. The number of anilines is 1. The SMILES string of the molecule is CC(C)c1ccc(S(N)(=O)=O)cc1-c1cncc(-c2ccc3nc(N)nn3c2)c1.Cl. The highest BCUT2D eigenvalue weighted by atomic mass is 35.5. The molecular weight excluding hydrogens is 424 g/mol. The minimum atomic E-state index is -3.81. The van der Waals surface area contributed by atoms with E-state index in [1.807, 2.05) is 24.4 Å². The van der Waals surface area contributed by atoms with Gasteiger partial charge in [0, 0.05) is 35.3 Å². The molecule has 4 rings (SSSR count). The van der Waals surface area contributed by atoms with Crippen LogP contribution in [0.4, 0.5) is 5.95 Å². The molecule has 1 aromatic carbocycles. The lowest BCUT2D eigenvalue weighted by Crippen LogP contribution is -2.12. The summed E-state index contributed by atoms with van der Waals surface area (Å²) < 4.78 is 25.3. The van der Waals surface area contributed by atoms with Gasteiger partial charge in [0.15, 0.2) is 5.65 Å². The van der Waals surface area contributed by atoms with Crippen molar-refractivity contribution in [3.8, 4) is 22.3 Å². The van der Waals surface area contributed by atoms with Crippen molar-refractivity contribution in [3.05, 3.63) is 60.6 Å². The molecule has 8 nitrogen and oxygen atoms in total. The Morgan fingerprint density at radius 3 is 2.43 bits per heavy atom. The molecule has 30 heavy (non-hydrogen) atoms. The highest BCUT2D eigenvalue weighted by Gasteiger charge is 2.15. The molecule has 0 unspecified atom stereocenters. The Morgan fingerprint density at radius 2 is 1.73 bits per heavy atom. The van der Waals surface area contributed by atoms with Gasteiger partial charge in [0.1, 0.15) is 0 Å². The largest absolute Gasteiger partial charge is 0.366 e. The van der Waals surface area contributed by atoms with Crippen molar-refractivity contribution in [1.29, 1.82) is 0 Å². The fourth-order valence-electron chi connectivity index (χ4n) is 3.28. The lowest BCUT2D eigenvalue weighted by molar-refractivity contribution is 0.597. The number of halogens is 1. The highest BCUT2D eigenvalue weighted by Crippen LogP contribution is 2.33. The normalized spacial score (nSPS) is 11.6. The van der Waals surface area contributed by atoms with Crippen LogP contribution in [0.3, 0.4) is 0 Å². The number of fused-ring (bicyclic) bond motifs is 1. The first-order chi connectivity index (χ1) is 13.7. The summed E-state index contributed by atoms with van der Waals surface area (Å²) in [4.78, 5) is 8.56. The molecule has 0 amide bonds. The number of benzene rings is 1. The third-order valence-electron chi connectivity index (χ3n) is 4.71. The van der Waals surface area contributed by atoms with E-state index >= 15 is 0 Å². The third-order valence-corrected chi connectivity index (χ3v) is 5.62. The van der Waals surface area contributed by atoms with Crippen LogP contribution in [0.1, 0.15) is 25.3 Å². The van der Waals surface area contributed by atoms with Crippen LogP contribution < -0.4 is 10.9 Å². The van der Waals surface area contributed by atoms with Crippen LogP contribution in [-0.4, -0.2) is 28.0 Å². The molecule has 0 fully saturated rings. The van der Waals surface area contributed by atoms with Crippen molar-refractivity contribution >= 4 is 34.0 Å². The average molecular weight is 445 g/mol. The summed E-state index contributed by atoms with van der Waals surface area (Å²) in [6, 6.07) is 10.6. The van der Waals surface area contributed by atoms with Gasteiger partial charge < -0.3 is 5.73 Å². The van der Waals surface area contributed by atoms with E-state index in [4.69, 9.17) is 10.9 Å². The van der Waals surface area contributed by atoms with Crippen LogP contribution in [0, 0.1) is 0 Å². The summed E-state index contributed by atoms with van der Waals surface area (Å²) in [6.45, 7) is 4.10.